The Morgan fingerprint density at radius 1 is 1.42 bits per heavy atom. The van der Waals surface area contributed by atoms with Gasteiger partial charge in [-0.15, -0.1) is 0 Å². The fourth-order valence-corrected chi connectivity index (χ4v) is 2.14. The van der Waals surface area contributed by atoms with Crippen molar-refractivity contribution in [1.82, 2.24) is 15.5 Å². The largest absolute Gasteiger partial charge is 0.374 e. The van der Waals surface area contributed by atoms with Crippen LogP contribution >= 0.6 is 0 Å². The standard InChI is InChI=1S/C14H30N4O/c1-12(2)6-5-7-16-14(15-3)17-10-13-11-18(4)8-9-19-13/h12-13H,5-11H2,1-4H3,(H2,15,16,17). The molecular weight excluding hydrogens is 240 g/mol. The first-order chi connectivity index (χ1) is 9.11. The molecule has 1 atom stereocenters. The molecule has 1 fully saturated rings. The van der Waals surface area contributed by atoms with E-state index in [1.165, 1.54) is 12.8 Å². The summed E-state index contributed by atoms with van der Waals surface area (Å²) in [5, 5.41) is 6.68. The number of likely N-dealkylation sites (N-methyl/N-ethyl adjacent to an activating group) is 1. The van der Waals surface area contributed by atoms with Gasteiger partial charge in [-0.3, -0.25) is 4.99 Å². The van der Waals surface area contributed by atoms with Crippen LogP contribution in [-0.4, -0.2) is 63.8 Å². The first kappa shape index (κ1) is 16.2. The molecule has 1 unspecified atom stereocenters. The van der Waals surface area contributed by atoms with Crippen LogP contribution < -0.4 is 10.6 Å². The molecule has 0 aliphatic carbocycles. The number of guanidine groups is 1. The van der Waals surface area contributed by atoms with Gasteiger partial charge in [0.25, 0.3) is 0 Å². The minimum absolute atomic E-state index is 0.257. The topological polar surface area (TPSA) is 48.9 Å². The minimum Gasteiger partial charge on any atom is -0.374 e. The van der Waals surface area contributed by atoms with Crippen LogP contribution in [0.4, 0.5) is 0 Å². The van der Waals surface area contributed by atoms with Crippen molar-refractivity contribution < 1.29 is 4.74 Å². The Hall–Kier alpha value is -0.810. The van der Waals surface area contributed by atoms with Gasteiger partial charge in [0.2, 0.25) is 0 Å². The van der Waals surface area contributed by atoms with Gasteiger partial charge in [-0.2, -0.15) is 0 Å². The normalized spacial score (nSPS) is 21.7. The maximum absolute atomic E-state index is 5.71. The molecule has 0 saturated carbocycles. The zero-order valence-corrected chi connectivity index (χ0v) is 12.9. The van der Waals surface area contributed by atoms with E-state index in [0.717, 1.165) is 44.7 Å². The van der Waals surface area contributed by atoms with Crippen molar-refractivity contribution in [2.45, 2.75) is 32.8 Å². The van der Waals surface area contributed by atoms with Crippen LogP contribution in [0.15, 0.2) is 4.99 Å². The van der Waals surface area contributed by atoms with Gasteiger partial charge in [0.05, 0.1) is 12.7 Å². The van der Waals surface area contributed by atoms with Gasteiger partial charge in [0, 0.05) is 33.2 Å². The lowest BCUT2D eigenvalue weighted by Gasteiger charge is -2.30. The maximum atomic E-state index is 5.71. The van der Waals surface area contributed by atoms with Gasteiger partial charge in [-0.25, -0.2) is 0 Å². The third-order valence-corrected chi connectivity index (χ3v) is 3.31. The number of hydrogen-bond acceptors (Lipinski definition) is 3. The van der Waals surface area contributed by atoms with E-state index in [1.807, 2.05) is 7.05 Å². The summed E-state index contributed by atoms with van der Waals surface area (Å²) in [6.45, 7) is 9.13. The second-order valence-corrected chi connectivity index (χ2v) is 5.67. The molecule has 0 bridgehead atoms. The molecule has 0 aromatic carbocycles. The molecule has 2 N–H and O–H groups in total. The molecule has 1 heterocycles. The first-order valence-corrected chi connectivity index (χ1v) is 7.36. The summed E-state index contributed by atoms with van der Waals surface area (Å²) in [4.78, 5) is 6.53. The third kappa shape index (κ3) is 7.38. The molecule has 0 aromatic heterocycles. The smallest absolute Gasteiger partial charge is 0.191 e. The number of aliphatic imine (C=N–C) groups is 1. The van der Waals surface area contributed by atoms with E-state index in [1.54, 1.807) is 0 Å². The second kappa shape index (κ2) is 9.15. The number of ether oxygens (including phenoxy) is 1. The Kier molecular flexibility index (Phi) is 7.82. The third-order valence-electron chi connectivity index (χ3n) is 3.31. The van der Waals surface area contributed by atoms with E-state index in [4.69, 9.17) is 4.74 Å². The highest BCUT2D eigenvalue weighted by Gasteiger charge is 2.17. The summed E-state index contributed by atoms with van der Waals surface area (Å²) in [5.41, 5.74) is 0. The Labute approximate surface area is 117 Å². The Balaban J connectivity index is 2.14. The highest BCUT2D eigenvalue weighted by atomic mass is 16.5. The average Bonchev–Trinajstić information content (AvgIpc) is 2.37. The van der Waals surface area contributed by atoms with Crippen LogP contribution in [-0.2, 0) is 4.74 Å². The molecule has 0 aromatic rings. The van der Waals surface area contributed by atoms with Crippen LogP contribution in [0.2, 0.25) is 0 Å². The van der Waals surface area contributed by atoms with Crippen LogP contribution in [0.25, 0.3) is 0 Å². The van der Waals surface area contributed by atoms with E-state index >= 15 is 0 Å². The fourth-order valence-electron chi connectivity index (χ4n) is 2.14. The van der Waals surface area contributed by atoms with Crippen molar-refractivity contribution >= 4 is 5.96 Å². The van der Waals surface area contributed by atoms with Crippen LogP contribution in [0, 0.1) is 5.92 Å². The molecule has 1 rings (SSSR count). The SMILES string of the molecule is CN=C(NCCCC(C)C)NCC1CN(C)CCO1. The zero-order valence-electron chi connectivity index (χ0n) is 12.9. The van der Waals surface area contributed by atoms with E-state index in [0.29, 0.717) is 0 Å². The van der Waals surface area contributed by atoms with Gasteiger partial charge in [-0.1, -0.05) is 13.8 Å². The number of nitrogens with zero attached hydrogens (tertiary/aromatic N) is 2. The second-order valence-electron chi connectivity index (χ2n) is 5.67. The summed E-state index contributed by atoms with van der Waals surface area (Å²) < 4.78 is 5.71. The highest BCUT2D eigenvalue weighted by molar-refractivity contribution is 5.79. The predicted octanol–water partition coefficient (Wildman–Crippen LogP) is 0.918. The van der Waals surface area contributed by atoms with Gasteiger partial charge in [-0.05, 0) is 25.8 Å². The van der Waals surface area contributed by atoms with Crippen molar-refractivity contribution in [3.8, 4) is 0 Å². The molecule has 5 heteroatoms. The summed E-state index contributed by atoms with van der Waals surface area (Å²) in [6.07, 6.45) is 2.69. The fraction of sp³-hybridized carbons (Fsp3) is 0.929. The minimum atomic E-state index is 0.257. The van der Waals surface area contributed by atoms with Crippen molar-refractivity contribution in [1.29, 1.82) is 0 Å². The van der Waals surface area contributed by atoms with Crippen molar-refractivity contribution in [3.63, 3.8) is 0 Å². The van der Waals surface area contributed by atoms with Gasteiger partial charge < -0.3 is 20.3 Å². The molecule has 0 spiro atoms. The van der Waals surface area contributed by atoms with Crippen molar-refractivity contribution in [2.24, 2.45) is 10.9 Å². The molecule has 1 aliphatic rings. The van der Waals surface area contributed by atoms with Gasteiger partial charge in [0.15, 0.2) is 5.96 Å². The molecule has 5 nitrogen and oxygen atoms in total. The molecule has 112 valence electrons. The van der Waals surface area contributed by atoms with Crippen molar-refractivity contribution in [3.05, 3.63) is 0 Å². The van der Waals surface area contributed by atoms with Gasteiger partial charge >= 0.3 is 0 Å². The number of nitrogens with one attached hydrogen (secondary N) is 2. The zero-order chi connectivity index (χ0) is 14.1. The predicted molar refractivity (Wildman–Crippen MR) is 80.7 cm³/mol. The molecular formula is C14H30N4O. The molecule has 19 heavy (non-hydrogen) atoms. The number of rotatable bonds is 6. The molecule has 0 radical (unpaired) electrons. The molecule has 0 amide bonds. The first-order valence-electron chi connectivity index (χ1n) is 7.36. The number of hydrogen-bond donors (Lipinski definition) is 2. The number of morpholine rings is 1. The summed E-state index contributed by atoms with van der Waals surface area (Å²) in [5.74, 6) is 1.64. The summed E-state index contributed by atoms with van der Waals surface area (Å²) >= 11 is 0. The Bertz CT molecular complexity index is 268. The summed E-state index contributed by atoms with van der Waals surface area (Å²) in [7, 11) is 3.94. The lowest BCUT2D eigenvalue weighted by atomic mass is 10.1. The van der Waals surface area contributed by atoms with E-state index < -0.39 is 0 Å². The lowest BCUT2D eigenvalue weighted by Crippen LogP contribution is -2.48. The Morgan fingerprint density at radius 2 is 2.21 bits per heavy atom. The van der Waals surface area contributed by atoms with E-state index in [2.05, 4.69) is 41.4 Å². The van der Waals surface area contributed by atoms with Crippen LogP contribution in [0.5, 0.6) is 0 Å². The highest BCUT2D eigenvalue weighted by Crippen LogP contribution is 2.02. The van der Waals surface area contributed by atoms with E-state index in [-0.39, 0.29) is 6.10 Å². The quantitative estimate of drug-likeness (QED) is 0.428. The lowest BCUT2D eigenvalue weighted by molar-refractivity contribution is -0.0161. The van der Waals surface area contributed by atoms with Crippen LogP contribution in [0.3, 0.4) is 0 Å². The molecule has 1 saturated heterocycles. The van der Waals surface area contributed by atoms with Crippen LogP contribution in [0.1, 0.15) is 26.7 Å². The average molecular weight is 270 g/mol. The Morgan fingerprint density at radius 3 is 2.84 bits per heavy atom. The monoisotopic (exact) mass is 270 g/mol. The van der Waals surface area contributed by atoms with Crippen molar-refractivity contribution in [2.75, 3.05) is 46.9 Å². The van der Waals surface area contributed by atoms with Gasteiger partial charge in [0.1, 0.15) is 0 Å². The maximum Gasteiger partial charge on any atom is 0.191 e. The summed E-state index contributed by atoms with van der Waals surface area (Å²) in [6, 6.07) is 0. The van der Waals surface area contributed by atoms with E-state index in [9.17, 15) is 0 Å². The molecule has 1 aliphatic heterocycles.